The highest BCUT2D eigenvalue weighted by atomic mass is 28.4. The van der Waals surface area contributed by atoms with Gasteiger partial charge in [0.1, 0.15) is 28.7 Å². The minimum absolute atomic E-state index is 0.0295. The first kappa shape index (κ1) is 37.3. The summed E-state index contributed by atoms with van der Waals surface area (Å²) in [6, 6.07) is 19.4. The Morgan fingerprint density at radius 3 is 1.40 bits per heavy atom. The van der Waals surface area contributed by atoms with E-state index in [0.717, 1.165) is 30.5 Å². The van der Waals surface area contributed by atoms with E-state index in [1.807, 2.05) is 24.3 Å². The summed E-state index contributed by atoms with van der Waals surface area (Å²) in [5.74, 6) is 2.61. The Bertz CT molecular complexity index is 1540. The van der Waals surface area contributed by atoms with Crippen molar-refractivity contribution in [2.45, 2.75) is 64.2 Å². The van der Waals surface area contributed by atoms with Gasteiger partial charge in [-0.05, 0) is 113 Å². The van der Waals surface area contributed by atoms with Crippen molar-refractivity contribution in [2.24, 2.45) is 0 Å². The molecule has 0 fully saturated rings. The molecule has 0 saturated carbocycles. The van der Waals surface area contributed by atoms with Crippen molar-refractivity contribution < 1.29 is 32.7 Å². The van der Waals surface area contributed by atoms with E-state index in [-0.39, 0.29) is 23.1 Å². The summed E-state index contributed by atoms with van der Waals surface area (Å²) in [4.78, 5) is 14.1. The first-order chi connectivity index (χ1) is 22.8. The summed E-state index contributed by atoms with van der Waals surface area (Å²) in [6.07, 6.45) is 1.71. The van der Waals surface area contributed by atoms with Crippen LogP contribution in [-0.2, 0) is 8.23 Å². The number of aromatic nitrogens is 3. The molecule has 0 saturated heterocycles. The third-order valence-corrected chi connectivity index (χ3v) is 13.7. The van der Waals surface area contributed by atoms with E-state index in [0.29, 0.717) is 66.9 Å². The zero-order valence-corrected chi connectivity index (χ0v) is 32.8. The quantitative estimate of drug-likeness (QED) is 0.0784. The molecule has 4 aromatic rings. The second-order valence-electron chi connectivity index (χ2n) is 13.0. The summed E-state index contributed by atoms with van der Waals surface area (Å²) < 4.78 is 29.0. The Balaban J connectivity index is 1.53. The summed E-state index contributed by atoms with van der Waals surface area (Å²) in [7, 11) is -0.470. The number of hydrogen-bond acceptors (Lipinski definition) is 10. The number of ether oxygens (including phenoxy) is 3. The smallest absolute Gasteiger partial charge is 0.215 e. The number of methoxy groups -OCH3 is 1. The largest absolute Gasteiger partial charge is 0.507 e. The predicted molar refractivity (Wildman–Crippen MR) is 196 cm³/mol. The topological polar surface area (TPSA) is 125 Å². The molecule has 0 aliphatic heterocycles. The number of phenols is 2. The van der Waals surface area contributed by atoms with Crippen LogP contribution in [0.3, 0.4) is 0 Å². The van der Waals surface area contributed by atoms with Crippen LogP contribution in [0, 0.1) is 0 Å². The maximum Gasteiger partial charge on any atom is 0.215 e. The van der Waals surface area contributed by atoms with E-state index < -0.39 is 16.6 Å². The van der Waals surface area contributed by atoms with Gasteiger partial charge in [-0.3, -0.25) is 0 Å². The van der Waals surface area contributed by atoms with Gasteiger partial charge in [0, 0.05) is 17.7 Å². The molecular weight excluding hydrogens is 675 g/mol. The van der Waals surface area contributed by atoms with Crippen LogP contribution in [0.5, 0.6) is 28.7 Å². The maximum absolute atomic E-state index is 11.1. The van der Waals surface area contributed by atoms with Crippen molar-refractivity contribution in [3.05, 3.63) is 60.7 Å². The Kier molecular flexibility index (Phi) is 13.4. The predicted octanol–water partition coefficient (Wildman–Crippen LogP) is 7.61. The summed E-state index contributed by atoms with van der Waals surface area (Å²) >= 11 is 0. The fourth-order valence-corrected chi connectivity index (χ4v) is 9.13. The molecule has 0 aliphatic carbocycles. The molecule has 0 amide bonds. The normalized spacial score (nSPS) is 11.8. The number of hydrogen-bond donors (Lipinski definition) is 2. The van der Waals surface area contributed by atoms with Gasteiger partial charge in [-0.25, -0.2) is 15.0 Å². The van der Waals surface area contributed by atoms with Crippen LogP contribution in [0.2, 0.25) is 51.4 Å². The molecule has 0 aliphatic rings. The van der Waals surface area contributed by atoms with Crippen LogP contribution in [0.15, 0.2) is 60.7 Å². The van der Waals surface area contributed by atoms with Crippen LogP contribution in [0.25, 0.3) is 34.2 Å². The number of benzene rings is 3. The summed E-state index contributed by atoms with van der Waals surface area (Å²) in [5.41, 5.74) is 1.53. The Hall–Kier alpha value is -3.54. The van der Waals surface area contributed by atoms with Gasteiger partial charge >= 0.3 is 0 Å². The molecule has 4 rings (SSSR count). The van der Waals surface area contributed by atoms with Gasteiger partial charge in [-0.2, -0.15) is 0 Å². The van der Waals surface area contributed by atoms with Crippen molar-refractivity contribution in [3.63, 3.8) is 0 Å². The van der Waals surface area contributed by atoms with Crippen molar-refractivity contribution in [1.29, 1.82) is 0 Å². The molecule has 10 nitrogen and oxygen atoms in total. The lowest BCUT2D eigenvalue weighted by molar-refractivity contribution is 0.314. The minimum Gasteiger partial charge on any atom is -0.507 e. The Morgan fingerprint density at radius 1 is 0.583 bits per heavy atom. The number of rotatable bonds is 18. The lowest BCUT2D eigenvalue weighted by atomic mass is 10.1. The molecule has 1 aromatic heterocycles. The SMILES string of the molecule is COc1ccc(-c2nc(-c3ccc(OCCC[Si]O[Si](C)(C)C)cc3O)nc(-c3ccc(OCCC[Si]O[Si](C)(C)C)cc3O)n2)cc1. The fraction of sp³-hybridized carbons (Fsp3) is 0.382. The van der Waals surface area contributed by atoms with Crippen LogP contribution >= 0.6 is 0 Å². The van der Waals surface area contributed by atoms with Gasteiger partial charge in [0.15, 0.2) is 34.1 Å². The average Bonchev–Trinajstić information content (AvgIpc) is 3.03. The van der Waals surface area contributed by atoms with Gasteiger partial charge in [0.2, 0.25) is 19.5 Å². The molecule has 4 radical (unpaired) electrons. The maximum atomic E-state index is 11.1. The molecule has 0 spiro atoms. The van der Waals surface area contributed by atoms with Crippen molar-refractivity contribution in [3.8, 4) is 62.9 Å². The van der Waals surface area contributed by atoms with Gasteiger partial charge in [0.05, 0.1) is 31.5 Å². The van der Waals surface area contributed by atoms with Gasteiger partial charge in [0.25, 0.3) is 0 Å². The van der Waals surface area contributed by atoms with Crippen LogP contribution in [0.1, 0.15) is 12.8 Å². The lowest BCUT2D eigenvalue weighted by Gasteiger charge is -2.16. The van der Waals surface area contributed by atoms with Crippen molar-refractivity contribution >= 4 is 36.2 Å². The van der Waals surface area contributed by atoms with E-state index in [1.165, 1.54) is 0 Å². The standard InChI is InChI=1S/C34H45N3O7Si4/c1-40-25-12-10-24(11-13-25)32-35-33(28-16-14-26(22-30(28)38)41-18-8-20-45-43-47(2,3)4)37-34(36-32)29-17-15-27(23-31(29)39)42-19-9-21-46-44-48(5,6)7/h10-17,22-23,38-39H,8-9,18-21H2,1-7H3. The first-order valence-electron chi connectivity index (χ1n) is 16.0. The van der Waals surface area contributed by atoms with Crippen LogP contribution in [-0.4, -0.2) is 81.6 Å². The lowest BCUT2D eigenvalue weighted by Crippen LogP contribution is -2.27. The van der Waals surface area contributed by atoms with Crippen molar-refractivity contribution in [2.75, 3.05) is 20.3 Å². The van der Waals surface area contributed by atoms with Gasteiger partial charge in [-0.1, -0.05) is 0 Å². The number of aromatic hydroxyl groups is 2. The molecule has 0 atom stereocenters. The first-order valence-corrected chi connectivity index (χ1v) is 25.0. The van der Waals surface area contributed by atoms with E-state index in [4.69, 9.17) is 32.4 Å². The summed E-state index contributed by atoms with van der Waals surface area (Å²) in [6.45, 7) is 14.1. The minimum atomic E-state index is -1.51. The van der Waals surface area contributed by atoms with Gasteiger partial charge in [-0.15, -0.1) is 0 Å². The Morgan fingerprint density at radius 2 is 1.00 bits per heavy atom. The second kappa shape index (κ2) is 17.2. The molecule has 2 N–H and O–H groups in total. The Labute approximate surface area is 291 Å². The number of phenolic OH excluding ortho intramolecular Hbond substituents is 2. The highest BCUT2D eigenvalue weighted by molar-refractivity contribution is 6.74. The molecule has 254 valence electrons. The molecule has 1 heterocycles. The third kappa shape index (κ3) is 11.9. The molecule has 3 aromatic carbocycles. The molecule has 0 bridgehead atoms. The highest BCUT2D eigenvalue weighted by Crippen LogP contribution is 2.36. The second-order valence-corrected chi connectivity index (χ2v) is 24.7. The molecule has 0 unspecified atom stereocenters. The fourth-order valence-electron chi connectivity index (χ4n) is 4.27. The van der Waals surface area contributed by atoms with E-state index >= 15 is 0 Å². The van der Waals surface area contributed by atoms with E-state index in [2.05, 4.69) is 44.3 Å². The van der Waals surface area contributed by atoms with Crippen LogP contribution < -0.4 is 14.2 Å². The molecular formula is C34H45N3O7Si4. The highest BCUT2D eigenvalue weighted by Gasteiger charge is 2.18. The zero-order chi connectivity index (χ0) is 34.7. The van der Waals surface area contributed by atoms with E-state index in [9.17, 15) is 10.2 Å². The molecule has 14 heteroatoms. The third-order valence-electron chi connectivity index (χ3n) is 6.54. The molecule has 48 heavy (non-hydrogen) atoms. The monoisotopic (exact) mass is 719 g/mol. The van der Waals surface area contributed by atoms with Crippen molar-refractivity contribution in [1.82, 2.24) is 15.0 Å². The van der Waals surface area contributed by atoms with Gasteiger partial charge < -0.3 is 32.7 Å². The average molecular weight is 720 g/mol. The van der Waals surface area contributed by atoms with Crippen LogP contribution in [0.4, 0.5) is 0 Å². The van der Waals surface area contributed by atoms with E-state index in [1.54, 1.807) is 43.5 Å². The number of nitrogens with zero attached hydrogens (tertiary/aromatic N) is 3. The zero-order valence-electron chi connectivity index (χ0n) is 28.8. The summed E-state index contributed by atoms with van der Waals surface area (Å²) in [5, 5.41) is 22.1.